The van der Waals surface area contributed by atoms with Gasteiger partial charge in [0.25, 0.3) is 11.8 Å². The van der Waals surface area contributed by atoms with Gasteiger partial charge >= 0.3 is 0 Å². The average Bonchev–Trinajstić information content (AvgIpc) is 2.72. The van der Waals surface area contributed by atoms with Crippen molar-refractivity contribution in [2.45, 2.75) is 26.7 Å². The van der Waals surface area contributed by atoms with Gasteiger partial charge in [0.15, 0.2) is 11.5 Å². The van der Waals surface area contributed by atoms with Crippen molar-refractivity contribution in [1.82, 2.24) is 10.6 Å². The van der Waals surface area contributed by atoms with Crippen molar-refractivity contribution in [3.63, 3.8) is 0 Å². The quantitative estimate of drug-likeness (QED) is 0.467. The van der Waals surface area contributed by atoms with Crippen LogP contribution in [-0.4, -0.2) is 43.2 Å². The minimum absolute atomic E-state index is 0.0334. The fraction of sp³-hybridized carbons (Fsp3) is 0.364. The summed E-state index contributed by atoms with van der Waals surface area (Å²) in [5.41, 5.74) is 0.749. The summed E-state index contributed by atoms with van der Waals surface area (Å²) in [6, 6.07) is 9.27. The van der Waals surface area contributed by atoms with E-state index in [1.807, 2.05) is 13.8 Å². The van der Waals surface area contributed by atoms with E-state index in [0.717, 1.165) is 6.42 Å². The lowest BCUT2D eigenvalue weighted by atomic mass is 10.1. The predicted octanol–water partition coefficient (Wildman–Crippen LogP) is 3.78. The summed E-state index contributed by atoms with van der Waals surface area (Å²) >= 11 is 6.29. The number of phenols is 1. The van der Waals surface area contributed by atoms with Gasteiger partial charge in [0.05, 0.1) is 18.2 Å². The van der Waals surface area contributed by atoms with Crippen LogP contribution in [0.2, 0.25) is 5.02 Å². The number of halogens is 1. The summed E-state index contributed by atoms with van der Waals surface area (Å²) in [7, 11) is 0. The molecule has 162 valence electrons. The van der Waals surface area contributed by atoms with Crippen LogP contribution >= 0.6 is 11.6 Å². The minimum atomic E-state index is -0.292. The highest BCUT2D eigenvalue weighted by Crippen LogP contribution is 2.36. The van der Waals surface area contributed by atoms with E-state index in [0.29, 0.717) is 60.4 Å². The van der Waals surface area contributed by atoms with Gasteiger partial charge in [-0.2, -0.15) is 0 Å². The fourth-order valence-electron chi connectivity index (χ4n) is 2.65. The number of nitrogens with one attached hydrogen (secondary N) is 2. The molecular weight excluding hydrogens is 408 g/mol. The number of amides is 2. The van der Waals surface area contributed by atoms with Crippen molar-refractivity contribution in [2.75, 3.05) is 26.3 Å². The minimum Gasteiger partial charge on any atom is -0.508 e. The molecule has 0 bridgehead atoms. The molecule has 2 aromatic carbocycles. The molecule has 0 aliphatic carbocycles. The van der Waals surface area contributed by atoms with Crippen LogP contribution in [0, 0.1) is 0 Å². The van der Waals surface area contributed by atoms with E-state index in [4.69, 9.17) is 21.1 Å². The van der Waals surface area contributed by atoms with Gasteiger partial charge in [-0.15, -0.1) is 0 Å². The number of phenolic OH excluding ortho intramolecular Hbond substituents is 1. The maximum atomic E-state index is 12.5. The largest absolute Gasteiger partial charge is 0.508 e. The molecule has 0 saturated carbocycles. The molecule has 0 heterocycles. The zero-order chi connectivity index (χ0) is 21.9. The zero-order valence-electron chi connectivity index (χ0n) is 17.2. The van der Waals surface area contributed by atoms with Gasteiger partial charge in [-0.05, 0) is 50.1 Å². The summed E-state index contributed by atoms with van der Waals surface area (Å²) in [6.07, 6.45) is 1.37. The number of carbonyl (C=O) groups is 2. The monoisotopic (exact) mass is 434 g/mol. The highest BCUT2D eigenvalue weighted by atomic mass is 35.5. The van der Waals surface area contributed by atoms with Crippen molar-refractivity contribution in [2.24, 2.45) is 0 Å². The molecule has 0 fully saturated rings. The summed E-state index contributed by atoms with van der Waals surface area (Å²) in [5.74, 6) is 0.326. The molecule has 0 spiro atoms. The van der Waals surface area contributed by atoms with Crippen molar-refractivity contribution < 1.29 is 24.2 Å². The van der Waals surface area contributed by atoms with Crippen LogP contribution in [0.4, 0.5) is 0 Å². The number of hydrogen-bond acceptors (Lipinski definition) is 5. The Morgan fingerprint density at radius 3 is 2.33 bits per heavy atom. The lowest BCUT2D eigenvalue weighted by Crippen LogP contribution is -2.30. The molecule has 0 atom stereocenters. The zero-order valence-corrected chi connectivity index (χ0v) is 17.9. The second-order valence-corrected chi connectivity index (χ2v) is 6.89. The van der Waals surface area contributed by atoms with Crippen LogP contribution in [-0.2, 0) is 0 Å². The van der Waals surface area contributed by atoms with Gasteiger partial charge in [-0.25, -0.2) is 0 Å². The Morgan fingerprint density at radius 2 is 1.70 bits per heavy atom. The Morgan fingerprint density at radius 1 is 1.00 bits per heavy atom. The summed E-state index contributed by atoms with van der Waals surface area (Å²) < 4.78 is 11.2. The van der Waals surface area contributed by atoms with E-state index in [9.17, 15) is 14.7 Å². The van der Waals surface area contributed by atoms with Crippen LogP contribution < -0.4 is 20.1 Å². The van der Waals surface area contributed by atoms with Crippen LogP contribution in [0.25, 0.3) is 0 Å². The molecule has 0 aromatic heterocycles. The molecule has 3 N–H and O–H groups in total. The number of aromatic hydroxyl groups is 1. The van der Waals surface area contributed by atoms with Crippen molar-refractivity contribution >= 4 is 23.4 Å². The number of rotatable bonds is 11. The molecule has 2 rings (SSSR count). The molecule has 0 aliphatic rings. The first kappa shape index (κ1) is 23.3. The van der Waals surface area contributed by atoms with E-state index in [-0.39, 0.29) is 17.6 Å². The van der Waals surface area contributed by atoms with Gasteiger partial charge in [0, 0.05) is 24.2 Å². The Kier molecular flexibility index (Phi) is 9.28. The molecule has 7 nitrogen and oxygen atoms in total. The first-order valence-corrected chi connectivity index (χ1v) is 10.3. The standard InChI is InChI=1S/C22H27ClN2O5/c1-3-11-30-20-18(23)13-16(14-19(20)29-4-2)22(28)25-10-6-9-24-21(27)15-7-5-8-17(26)12-15/h5,7-8,12-14,26H,3-4,6,9-11H2,1-2H3,(H,24,27)(H,25,28). The highest BCUT2D eigenvalue weighted by molar-refractivity contribution is 6.32. The molecule has 2 aromatic rings. The maximum Gasteiger partial charge on any atom is 0.251 e. The lowest BCUT2D eigenvalue weighted by Gasteiger charge is -2.15. The van der Waals surface area contributed by atoms with Gasteiger partial charge in [-0.3, -0.25) is 9.59 Å². The Bertz CT molecular complexity index is 873. The average molecular weight is 435 g/mol. The molecule has 0 radical (unpaired) electrons. The van der Waals surface area contributed by atoms with Gasteiger partial charge in [0.2, 0.25) is 0 Å². The third-order valence-corrected chi connectivity index (χ3v) is 4.34. The molecular formula is C22H27ClN2O5. The highest BCUT2D eigenvalue weighted by Gasteiger charge is 2.16. The molecule has 0 unspecified atom stereocenters. The molecule has 0 aliphatic heterocycles. The number of hydrogen-bond donors (Lipinski definition) is 3. The first-order valence-electron chi connectivity index (χ1n) is 9.90. The Hall–Kier alpha value is -2.93. The normalized spacial score (nSPS) is 10.4. The van der Waals surface area contributed by atoms with Crippen LogP contribution in [0.1, 0.15) is 47.4 Å². The van der Waals surface area contributed by atoms with Crippen molar-refractivity contribution in [1.29, 1.82) is 0 Å². The van der Waals surface area contributed by atoms with Crippen molar-refractivity contribution in [3.05, 3.63) is 52.5 Å². The van der Waals surface area contributed by atoms with E-state index in [1.54, 1.807) is 24.3 Å². The molecule has 0 saturated heterocycles. The predicted molar refractivity (Wildman–Crippen MR) is 116 cm³/mol. The lowest BCUT2D eigenvalue weighted by molar-refractivity contribution is 0.0951. The number of ether oxygens (including phenoxy) is 2. The van der Waals surface area contributed by atoms with E-state index >= 15 is 0 Å². The first-order chi connectivity index (χ1) is 14.5. The number of benzene rings is 2. The van der Waals surface area contributed by atoms with E-state index < -0.39 is 0 Å². The third-order valence-electron chi connectivity index (χ3n) is 4.06. The maximum absolute atomic E-state index is 12.5. The fourth-order valence-corrected chi connectivity index (χ4v) is 2.91. The van der Waals surface area contributed by atoms with Crippen molar-refractivity contribution in [3.8, 4) is 17.2 Å². The van der Waals surface area contributed by atoms with Crippen LogP contribution in [0.15, 0.2) is 36.4 Å². The number of carbonyl (C=O) groups excluding carboxylic acids is 2. The van der Waals surface area contributed by atoms with E-state index in [2.05, 4.69) is 10.6 Å². The Labute approximate surface area is 181 Å². The SMILES string of the molecule is CCCOc1c(Cl)cc(C(=O)NCCCNC(=O)c2cccc(O)c2)cc1OCC. The second kappa shape index (κ2) is 11.9. The van der Waals surface area contributed by atoms with Gasteiger partial charge in [-0.1, -0.05) is 24.6 Å². The summed E-state index contributed by atoms with van der Waals surface area (Å²) in [4.78, 5) is 24.5. The topological polar surface area (TPSA) is 96.9 Å². The third kappa shape index (κ3) is 6.84. The second-order valence-electron chi connectivity index (χ2n) is 6.48. The summed E-state index contributed by atoms with van der Waals surface area (Å²) in [5, 5.41) is 15.3. The van der Waals surface area contributed by atoms with Crippen LogP contribution in [0.5, 0.6) is 17.2 Å². The summed E-state index contributed by atoms with van der Waals surface area (Å²) in [6.45, 7) is 5.50. The van der Waals surface area contributed by atoms with Gasteiger partial charge in [0.1, 0.15) is 5.75 Å². The molecule has 2 amide bonds. The smallest absolute Gasteiger partial charge is 0.251 e. The van der Waals surface area contributed by atoms with Gasteiger partial charge < -0.3 is 25.2 Å². The Balaban J connectivity index is 1.86. The molecule has 8 heteroatoms. The van der Waals surface area contributed by atoms with Crippen LogP contribution in [0.3, 0.4) is 0 Å². The van der Waals surface area contributed by atoms with E-state index in [1.165, 1.54) is 12.1 Å². The molecule has 30 heavy (non-hydrogen) atoms.